The van der Waals surface area contributed by atoms with E-state index in [-0.39, 0.29) is 11.7 Å². The van der Waals surface area contributed by atoms with Gasteiger partial charge in [-0.25, -0.2) is 4.79 Å². The summed E-state index contributed by atoms with van der Waals surface area (Å²) in [4.78, 5) is 11.9. The quantitative estimate of drug-likeness (QED) is 0.722. The normalized spacial score (nSPS) is 11.7. The molecule has 1 N–H and O–H groups in total. The Kier molecular flexibility index (Phi) is 6.19. The van der Waals surface area contributed by atoms with Gasteiger partial charge in [-0.1, -0.05) is 13.8 Å². The molecule has 0 aromatic carbocycles. The van der Waals surface area contributed by atoms with Gasteiger partial charge >= 0.3 is 5.69 Å². The van der Waals surface area contributed by atoms with Crippen LogP contribution in [-0.2, 0) is 6.54 Å². The molecule has 18 heavy (non-hydrogen) atoms. The molecule has 1 rings (SSSR count). The van der Waals surface area contributed by atoms with Gasteiger partial charge in [-0.05, 0) is 45.7 Å². The van der Waals surface area contributed by atoms with Crippen LogP contribution in [0.1, 0.15) is 46.6 Å². The number of aromatic nitrogens is 2. The van der Waals surface area contributed by atoms with Crippen molar-refractivity contribution in [2.24, 2.45) is 5.92 Å². The highest BCUT2D eigenvalue weighted by molar-refractivity contribution is 4.83. The minimum atomic E-state index is 0.111. The van der Waals surface area contributed by atoms with Crippen LogP contribution in [0.3, 0.4) is 0 Å². The molecule has 0 aliphatic carbocycles. The number of unbranched alkanes of at least 4 members (excludes halogenated alkanes) is 1. The van der Waals surface area contributed by atoms with Gasteiger partial charge in [0, 0.05) is 25.0 Å². The van der Waals surface area contributed by atoms with E-state index < -0.39 is 0 Å². The van der Waals surface area contributed by atoms with E-state index in [0.29, 0.717) is 5.92 Å². The minimum absolute atomic E-state index is 0.111. The van der Waals surface area contributed by atoms with Crippen LogP contribution in [0.25, 0.3) is 0 Å². The predicted octanol–water partition coefficient (Wildman–Crippen LogP) is 2.26. The first-order chi connectivity index (χ1) is 8.52. The highest BCUT2D eigenvalue weighted by atomic mass is 16.1. The third-order valence-electron chi connectivity index (χ3n) is 2.99. The number of aryl methyl sites for hydroxylation is 1. The van der Waals surface area contributed by atoms with Crippen molar-refractivity contribution in [2.45, 2.75) is 53.1 Å². The Morgan fingerprint density at radius 3 is 2.44 bits per heavy atom. The second-order valence-corrected chi connectivity index (χ2v) is 5.58. The van der Waals surface area contributed by atoms with Crippen molar-refractivity contribution in [2.75, 3.05) is 13.1 Å². The van der Waals surface area contributed by atoms with Gasteiger partial charge in [0.25, 0.3) is 0 Å². The maximum Gasteiger partial charge on any atom is 0.328 e. The van der Waals surface area contributed by atoms with E-state index in [0.717, 1.165) is 32.5 Å². The number of imidazole rings is 1. The topological polar surface area (TPSA) is 39.0 Å². The number of nitrogens with zero attached hydrogens (tertiary/aromatic N) is 2. The van der Waals surface area contributed by atoms with Gasteiger partial charge in [0.15, 0.2) is 0 Å². The smallest absolute Gasteiger partial charge is 0.316 e. The molecule has 0 aliphatic rings. The number of rotatable bonds is 8. The molecule has 4 nitrogen and oxygen atoms in total. The van der Waals surface area contributed by atoms with E-state index in [4.69, 9.17) is 0 Å². The lowest BCUT2D eigenvalue weighted by molar-refractivity contribution is 0.506. The second kappa shape index (κ2) is 7.41. The zero-order chi connectivity index (χ0) is 13.5. The Labute approximate surface area is 110 Å². The van der Waals surface area contributed by atoms with Crippen LogP contribution in [0.5, 0.6) is 0 Å². The van der Waals surface area contributed by atoms with Crippen LogP contribution >= 0.6 is 0 Å². The lowest BCUT2D eigenvalue weighted by Gasteiger charge is -2.07. The van der Waals surface area contributed by atoms with Crippen LogP contribution in [0.2, 0.25) is 0 Å². The van der Waals surface area contributed by atoms with E-state index in [1.165, 1.54) is 0 Å². The van der Waals surface area contributed by atoms with Crippen molar-refractivity contribution in [1.82, 2.24) is 14.5 Å². The maximum atomic E-state index is 11.9. The van der Waals surface area contributed by atoms with Gasteiger partial charge in [0.05, 0.1) is 0 Å². The molecule has 0 saturated heterocycles. The molecule has 0 spiro atoms. The molecule has 4 heteroatoms. The third-order valence-corrected chi connectivity index (χ3v) is 2.99. The van der Waals surface area contributed by atoms with E-state index in [9.17, 15) is 4.79 Å². The van der Waals surface area contributed by atoms with Crippen LogP contribution < -0.4 is 11.0 Å². The van der Waals surface area contributed by atoms with Crippen LogP contribution in [-0.4, -0.2) is 22.2 Å². The molecule has 0 aliphatic heterocycles. The zero-order valence-electron chi connectivity index (χ0n) is 12.1. The zero-order valence-corrected chi connectivity index (χ0v) is 12.1. The molecule has 0 fully saturated rings. The number of hydrogen-bond donors (Lipinski definition) is 1. The summed E-state index contributed by atoms with van der Waals surface area (Å²) in [6.45, 7) is 11.4. The predicted molar refractivity (Wildman–Crippen MR) is 76.0 cm³/mol. The van der Waals surface area contributed by atoms with Gasteiger partial charge < -0.3 is 5.32 Å². The molecule has 0 bridgehead atoms. The molecule has 0 atom stereocenters. The highest BCUT2D eigenvalue weighted by Crippen LogP contribution is 2.00. The Balaban J connectivity index is 2.26. The Morgan fingerprint density at radius 1 is 1.17 bits per heavy atom. The summed E-state index contributed by atoms with van der Waals surface area (Å²) in [5.41, 5.74) is 0.111. The summed E-state index contributed by atoms with van der Waals surface area (Å²) in [5, 5.41) is 3.42. The fourth-order valence-electron chi connectivity index (χ4n) is 1.91. The number of hydrogen-bond acceptors (Lipinski definition) is 2. The van der Waals surface area contributed by atoms with Crippen LogP contribution in [0, 0.1) is 5.92 Å². The highest BCUT2D eigenvalue weighted by Gasteiger charge is 2.05. The minimum Gasteiger partial charge on any atom is -0.316 e. The van der Waals surface area contributed by atoms with Crippen molar-refractivity contribution in [3.05, 3.63) is 22.9 Å². The molecule has 0 amide bonds. The number of nitrogens with one attached hydrogen (secondary N) is 1. The Bertz CT molecular complexity index is 390. The molecular formula is C14H27N3O. The molecule has 0 unspecified atom stereocenters. The van der Waals surface area contributed by atoms with Gasteiger partial charge in [-0.15, -0.1) is 0 Å². The largest absolute Gasteiger partial charge is 0.328 e. The molecular weight excluding hydrogens is 226 g/mol. The summed E-state index contributed by atoms with van der Waals surface area (Å²) in [6.07, 6.45) is 5.94. The van der Waals surface area contributed by atoms with Crippen molar-refractivity contribution in [1.29, 1.82) is 0 Å². The van der Waals surface area contributed by atoms with Gasteiger partial charge in [-0.3, -0.25) is 9.13 Å². The van der Waals surface area contributed by atoms with Crippen molar-refractivity contribution < 1.29 is 0 Å². The second-order valence-electron chi connectivity index (χ2n) is 5.58. The summed E-state index contributed by atoms with van der Waals surface area (Å²) in [5.74, 6) is 0.702. The first-order valence-electron chi connectivity index (χ1n) is 7.00. The van der Waals surface area contributed by atoms with Crippen molar-refractivity contribution in [3.8, 4) is 0 Å². The monoisotopic (exact) mass is 253 g/mol. The molecule has 1 aromatic rings. The Hall–Kier alpha value is -1.03. The van der Waals surface area contributed by atoms with Crippen molar-refractivity contribution in [3.63, 3.8) is 0 Å². The SMILES string of the molecule is CC(C)CNCCCCn1ccn(C(C)C)c1=O. The van der Waals surface area contributed by atoms with Gasteiger partial charge in [0.1, 0.15) is 0 Å². The van der Waals surface area contributed by atoms with E-state index in [1.54, 1.807) is 4.57 Å². The van der Waals surface area contributed by atoms with E-state index >= 15 is 0 Å². The summed E-state index contributed by atoms with van der Waals surface area (Å²) >= 11 is 0. The lowest BCUT2D eigenvalue weighted by atomic mass is 10.2. The van der Waals surface area contributed by atoms with Gasteiger partial charge in [0.2, 0.25) is 0 Å². The van der Waals surface area contributed by atoms with Crippen LogP contribution in [0.15, 0.2) is 17.2 Å². The lowest BCUT2D eigenvalue weighted by Crippen LogP contribution is -2.26. The average molecular weight is 253 g/mol. The average Bonchev–Trinajstić information content (AvgIpc) is 2.65. The fraction of sp³-hybridized carbons (Fsp3) is 0.786. The summed E-state index contributed by atoms with van der Waals surface area (Å²) in [7, 11) is 0. The van der Waals surface area contributed by atoms with E-state index in [1.807, 2.05) is 30.8 Å². The fourth-order valence-corrected chi connectivity index (χ4v) is 1.91. The molecule has 104 valence electrons. The first kappa shape index (κ1) is 15.0. The van der Waals surface area contributed by atoms with Crippen molar-refractivity contribution >= 4 is 0 Å². The maximum absolute atomic E-state index is 11.9. The summed E-state index contributed by atoms with van der Waals surface area (Å²) < 4.78 is 3.58. The van der Waals surface area contributed by atoms with Crippen LogP contribution in [0.4, 0.5) is 0 Å². The summed E-state index contributed by atoms with van der Waals surface area (Å²) in [6, 6.07) is 0.242. The molecule has 0 saturated carbocycles. The van der Waals surface area contributed by atoms with E-state index in [2.05, 4.69) is 19.2 Å². The molecule has 1 aromatic heterocycles. The molecule has 1 heterocycles. The molecule has 0 radical (unpaired) electrons. The first-order valence-corrected chi connectivity index (χ1v) is 7.00. The standard InChI is InChI=1S/C14H27N3O/c1-12(2)11-15-7-5-6-8-16-9-10-17(13(3)4)14(16)18/h9-10,12-13,15H,5-8,11H2,1-4H3. The Morgan fingerprint density at radius 2 is 1.89 bits per heavy atom. The van der Waals surface area contributed by atoms with Gasteiger partial charge in [-0.2, -0.15) is 0 Å². The third kappa shape index (κ3) is 4.69.